The van der Waals surface area contributed by atoms with Crippen LogP contribution in [0.25, 0.3) is 0 Å². The van der Waals surface area contributed by atoms with Gasteiger partial charge in [-0.05, 0) is 48.8 Å². The molecule has 0 bridgehead atoms. The topological polar surface area (TPSA) is 9.23 Å². The van der Waals surface area contributed by atoms with E-state index < -0.39 is 0 Å². The molecule has 0 aromatic heterocycles. The third kappa shape index (κ3) is 4.20. The molecule has 2 rings (SSSR count). The molecule has 0 aliphatic heterocycles. The van der Waals surface area contributed by atoms with E-state index in [4.69, 9.17) is 16.3 Å². The Balaban J connectivity index is 1.88. The lowest BCUT2D eigenvalue weighted by Crippen LogP contribution is -2.21. The zero-order chi connectivity index (χ0) is 13.2. The van der Waals surface area contributed by atoms with Crippen molar-refractivity contribution in [2.45, 2.75) is 57.9 Å². The maximum atomic E-state index is 6.41. The third-order valence-corrected chi connectivity index (χ3v) is 4.22. The van der Waals surface area contributed by atoms with E-state index in [1.807, 2.05) is 6.07 Å². The average molecular weight is 267 g/mol. The van der Waals surface area contributed by atoms with Crippen molar-refractivity contribution >= 4 is 11.6 Å². The fourth-order valence-electron chi connectivity index (χ4n) is 1.88. The van der Waals surface area contributed by atoms with Crippen molar-refractivity contribution in [2.24, 2.45) is 5.41 Å². The minimum absolute atomic E-state index is 0.170. The van der Waals surface area contributed by atoms with Gasteiger partial charge >= 0.3 is 0 Å². The molecule has 100 valence electrons. The molecule has 1 fully saturated rings. The van der Waals surface area contributed by atoms with Crippen LogP contribution < -0.4 is 4.74 Å². The van der Waals surface area contributed by atoms with Crippen LogP contribution in [0.2, 0.25) is 0 Å². The Morgan fingerprint density at radius 1 is 1.33 bits per heavy atom. The number of halogens is 1. The van der Waals surface area contributed by atoms with Gasteiger partial charge in [0.25, 0.3) is 0 Å². The van der Waals surface area contributed by atoms with Crippen molar-refractivity contribution in [3.63, 3.8) is 0 Å². The highest BCUT2D eigenvalue weighted by atomic mass is 35.5. The Hall–Kier alpha value is -0.690. The molecule has 1 aliphatic carbocycles. The molecule has 0 heterocycles. The maximum Gasteiger partial charge on any atom is 0.119 e. The Labute approximate surface area is 115 Å². The van der Waals surface area contributed by atoms with Crippen LogP contribution in [-0.4, -0.2) is 11.5 Å². The van der Waals surface area contributed by atoms with Gasteiger partial charge in [0.15, 0.2) is 0 Å². The van der Waals surface area contributed by atoms with Crippen LogP contribution in [0.1, 0.15) is 45.6 Å². The lowest BCUT2D eigenvalue weighted by Gasteiger charge is -2.25. The standard InChI is InChI=1S/C16H23ClO/c1-16(2,3)15(17)10-7-12-5-4-6-14(11-12)18-13-8-9-13/h4-6,11,13,15H,7-10H2,1-3H3. The summed E-state index contributed by atoms with van der Waals surface area (Å²) >= 11 is 6.41. The summed E-state index contributed by atoms with van der Waals surface area (Å²) < 4.78 is 5.81. The summed E-state index contributed by atoms with van der Waals surface area (Å²) in [5, 5.41) is 0.213. The van der Waals surface area contributed by atoms with Crippen molar-refractivity contribution in [3.8, 4) is 5.75 Å². The number of hydrogen-bond acceptors (Lipinski definition) is 1. The SMILES string of the molecule is CC(C)(C)C(Cl)CCc1cccc(OC2CC2)c1. The van der Waals surface area contributed by atoms with Gasteiger partial charge in [-0.25, -0.2) is 0 Å². The molecular weight excluding hydrogens is 244 g/mol. The zero-order valence-electron chi connectivity index (χ0n) is 11.6. The molecule has 0 saturated heterocycles. The summed E-state index contributed by atoms with van der Waals surface area (Å²) in [6.07, 6.45) is 4.91. The average Bonchev–Trinajstić information content (AvgIpc) is 3.09. The fraction of sp³-hybridized carbons (Fsp3) is 0.625. The van der Waals surface area contributed by atoms with Crippen LogP contribution in [0, 0.1) is 5.41 Å². The maximum absolute atomic E-state index is 6.41. The number of alkyl halides is 1. The van der Waals surface area contributed by atoms with Gasteiger partial charge in [0.2, 0.25) is 0 Å². The summed E-state index contributed by atoms with van der Waals surface area (Å²) in [5.74, 6) is 1.01. The Kier molecular flexibility index (Phi) is 4.21. The van der Waals surface area contributed by atoms with Gasteiger partial charge in [0, 0.05) is 5.38 Å². The van der Waals surface area contributed by atoms with Gasteiger partial charge in [-0.15, -0.1) is 11.6 Å². The molecule has 1 aromatic carbocycles. The van der Waals surface area contributed by atoms with Crippen molar-refractivity contribution in [1.29, 1.82) is 0 Å². The van der Waals surface area contributed by atoms with Gasteiger partial charge in [0.1, 0.15) is 5.75 Å². The van der Waals surface area contributed by atoms with Gasteiger partial charge < -0.3 is 4.74 Å². The summed E-state index contributed by atoms with van der Waals surface area (Å²) in [4.78, 5) is 0. The highest BCUT2D eigenvalue weighted by Gasteiger charge is 2.24. The molecule has 2 heteroatoms. The predicted octanol–water partition coefficient (Wildman–Crippen LogP) is 4.81. The van der Waals surface area contributed by atoms with Crippen molar-refractivity contribution in [1.82, 2.24) is 0 Å². The molecule has 1 unspecified atom stereocenters. The quantitative estimate of drug-likeness (QED) is 0.695. The van der Waals surface area contributed by atoms with Gasteiger partial charge in [-0.1, -0.05) is 32.9 Å². The van der Waals surface area contributed by atoms with E-state index in [2.05, 4.69) is 39.0 Å². The molecule has 0 radical (unpaired) electrons. The van der Waals surface area contributed by atoms with E-state index in [-0.39, 0.29) is 10.8 Å². The van der Waals surface area contributed by atoms with E-state index in [0.29, 0.717) is 6.10 Å². The second-order valence-corrected chi connectivity index (χ2v) is 6.86. The molecule has 18 heavy (non-hydrogen) atoms. The van der Waals surface area contributed by atoms with Crippen LogP contribution in [0.3, 0.4) is 0 Å². The van der Waals surface area contributed by atoms with E-state index >= 15 is 0 Å². The Morgan fingerprint density at radius 2 is 2.06 bits per heavy atom. The van der Waals surface area contributed by atoms with Crippen molar-refractivity contribution < 1.29 is 4.74 Å². The zero-order valence-corrected chi connectivity index (χ0v) is 12.3. The third-order valence-electron chi connectivity index (χ3n) is 3.35. The second-order valence-electron chi connectivity index (χ2n) is 6.34. The first-order chi connectivity index (χ1) is 8.45. The van der Waals surface area contributed by atoms with Crippen LogP contribution >= 0.6 is 11.6 Å². The lowest BCUT2D eigenvalue weighted by atomic mass is 9.88. The highest BCUT2D eigenvalue weighted by Crippen LogP contribution is 2.30. The molecule has 1 atom stereocenters. The van der Waals surface area contributed by atoms with E-state index in [1.54, 1.807) is 0 Å². The number of hydrogen-bond donors (Lipinski definition) is 0. The van der Waals surface area contributed by atoms with E-state index in [1.165, 1.54) is 18.4 Å². The molecular formula is C16H23ClO. The molecule has 0 amide bonds. The summed E-state index contributed by atoms with van der Waals surface area (Å²) in [7, 11) is 0. The molecule has 0 spiro atoms. The van der Waals surface area contributed by atoms with Gasteiger partial charge in [0.05, 0.1) is 6.10 Å². The first-order valence-corrected chi connectivity index (χ1v) is 7.28. The van der Waals surface area contributed by atoms with Crippen LogP contribution in [0.5, 0.6) is 5.75 Å². The van der Waals surface area contributed by atoms with E-state index in [0.717, 1.165) is 18.6 Å². The fourth-order valence-corrected chi connectivity index (χ4v) is 1.99. The molecule has 0 N–H and O–H groups in total. The highest BCUT2D eigenvalue weighted by molar-refractivity contribution is 6.21. The molecule has 1 saturated carbocycles. The Bertz CT molecular complexity index is 390. The van der Waals surface area contributed by atoms with Crippen molar-refractivity contribution in [3.05, 3.63) is 29.8 Å². The van der Waals surface area contributed by atoms with Gasteiger partial charge in [-0.2, -0.15) is 0 Å². The first-order valence-electron chi connectivity index (χ1n) is 6.85. The summed E-state index contributed by atoms with van der Waals surface area (Å²) in [5.41, 5.74) is 1.49. The smallest absolute Gasteiger partial charge is 0.119 e. The number of aryl methyl sites for hydroxylation is 1. The summed E-state index contributed by atoms with van der Waals surface area (Å²) in [6, 6.07) is 8.44. The number of ether oxygens (including phenoxy) is 1. The van der Waals surface area contributed by atoms with Gasteiger partial charge in [-0.3, -0.25) is 0 Å². The normalized spacial score (nSPS) is 17.6. The monoisotopic (exact) mass is 266 g/mol. The number of benzene rings is 1. The lowest BCUT2D eigenvalue weighted by molar-refractivity contribution is 0.303. The number of rotatable bonds is 5. The predicted molar refractivity (Wildman–Crippen MR) is 77.5 cm³/mol. The summed E-state index contributed by atoms with van der Waals surface area (Å²) in [6.45, 7) is 6.58. The molecule has 1 aromatic rings. The largest absolute Gasteiger partial charge is 0.490 e. The Morgan fingerprint density at radius 3 is 2.67 bits per heavy atom. The van der Waals surface area contributed by atoms with E-state index in [9.17, 15) is 0 Å². The van der Waals surface area contributed by atoms with Crippen LogP contribution in [-0.2, 0) is 6.42 Å². The van der Waals surface area contributed by atoms with Crippen LogP contribution in [0.15, 0.2) is 24.3 Å². The minimum Gasteiger partial charge on any atom is -0.490 e. The molecule has 1 nitrogen and oxygen atoms in total. The first kappa shape index (κ1) is 13.7. The minimum atomic E-state index is 0.170. The van der Waals surface area contributed by atoms with Crippen LogP contribution in [0.4, 0.5) is 0 Å². The van der Waals surface area contributed by atoms with Crippen molar-refractivity contribution in [2.75, 3.05) is 0 Å². The second kappa shape index (κ2) is 5.52. The molecule has 1 aliphatic rings.